The minimum Gasteiger partial charge on any atom is -0.311 e. The van der Waals surface area contributed by atoms with Gasteiger partial charge in [0, 0.05) is 44.4 Å². The van der Waals surface area contributed by atoms with Crippen LogP contribution in [0.1, 0.15) is 0 Å². The zero-order valence-electron chi connectivity index (χ0n) is 25.5. The fraction of sp³-hybridized carbons (Fsp3) is 0. The molecule has 0 spiro atoms. The van der Waals surface area contributed by atoms with Gasteiger partial charge in [-0.25, -0.2) is 0 Å². The zero-order chi connectivity index (χ0) is 30.9. The molecule has 3 aliphatic rings. The number of hydrogen-bond donors (Lipinski definition) is 0. The summed E-state index contributed by atoms with van der Waals surface area (Å²) in [6, 6.07) is 55.6. The Morgan fingerprint density at radius 1 is 0.468 bits per heavy atom. The van der Waals surface area contributed by atoms with Crippen LogP contribution in [-0.4, -0.2) is 18.4 Å². The molecule has 10 rings (SSSR count). The van der Waals surface area contributed by atoms with Crippen molar-refractivity contribution >= 4 is 92.1 Å². The van der Waals surface area contributed by atoms with Crippen LogP contribution in [0.5, 0.6) is 0 Å². The van der Waals surface area contributed by atoms with Gasteiger partial charge in [-0.15, -0.1) is 0 Å². The molecule has 4 heterocycles. The lowest BCUT2D eigenvalue weighted by molar-refractivity contribution is 1.21. The Morgan fingerprint density at radius 2 is 1.09 bits per heavy atom. The van der Waals surface area contributed by atoms with E-state index in [0.29, 0.717) is 0 Å². The molecule has 7 aromatic rings. The maximum Gasteiger partial charge on any atom is 0.249 e. The highest BCUT2D eigenvalue weighted by Crippen LogP contribution is 2.46. The molecule has 47 heavy (non-hydrogen) atoms. The van der Waals surface area contributed by atoms with Gasteiger partial charge < -0.3 is 9.80 Å². The fourth-order valence-corrected chi connectivity index (χ4v) is 9.21. The van der Waals surface area contributed by atoms with Crippen LogP contribution in [0.25, 0.3) is 0 Å². The predicted molar refractivity (Wildman–Crippen MR) is 200 cm³/mol. The van der Waals surface area contributed by atoms with Crippen molar-refractivity contribution in [2.75, 3.05) is 9.80 Å². The maximum absolute atomic E-state index is 4.65. The SMILES string of the molecule is c1ccc(B2c3ccccc3N(c3ccccc3)c3cc4c5c(c32)N(c2cccnc2)c2ccccc2B5c2ccccc2S4)cc1. The third kappa shape index (κ3) is 3.95. The molecule has 0 saturated carbocycles. The summed E-state index contributed by atoms with van der Waals surface area (Å²) < 4.78 is 0. The molecule has 6 heteroatoms. The van der Waals surface area contributed by atoms with Crippen LogP contribution >= 0.6 is 11.8 Å². The quantitative estimate of drug-likeness (QED) is 0.222. The summed E-state index contributed by atoms with van der Waals surface area (Å²) in [7, 11) is 0. The number of hydrogen-bond acceptors (Lipinski definition) is 4. The molecule has 0 fully saturated rings. The molecule has 0 amide bonds. The van der Waals surface area contributed by atoms with Crippen molar-refractivity contribution < 1.29 is 0 Å². The van der Waals surface area contributed by atoms with Crippen LogP contribution in [0.4, 0.5) is 34.1 Å². The number of rotatable bonds is 3. The highest BCUT2D eigenvalue weighted by molar-refractivity contribution is 8.00. The second-order valence-electron chi connectivity index (χ2n) is 12.3. The van der Waals surface area contributed by atoms with Gasteiger partial charge in [-0.2, -0.15) is 0 Å². The largest absolute Gasteiger partial charge is 0.311 e. The Labute approximate surface area is 279 Å². The smallest absolute Gasteiger partial charge is 0.249 e. The Balaban J connectivity index is 1.39. The van der Waals surface area contributed by atoms with Gasteiger partial charge in [-0.3, -0.25) is 4.98 Å². The molecule has 0 atom stereocenters. The zero-order valence-corrected chi connectivity index (χ0v) is 26.3. The average Bonchev–Trinajstić information content (AvgIpc) is 3.14. The van der Waals surface area contributed by atoms with Crippen molar-refractivity contribution in [3.63, 3.8) is 0 Å². The highest BCUT2D eigenvalue weighted by atomic mass is 32.2. The van der Waals surface area contributed by atoms with Gasteiger partial charge in [0.25, 0.3) is 0 Å². The monoisotopic (exact) mass is 615 g/mol. The summed E-state index contributed by atoms with van der Waals surface area (Å²) in [5, 5.41) is 0. The third-order valence-corrected chi connectivity index (χ3v) is 11.0. The van der Waals surface area contributed by atoms with Gasteiger partial charge in [0.15, 0.2) is 0 Å². The number of nitrogens with zero attached hydrogens (tertiary/aromatic N) is 3. The van der Waals surface area contributed by atoms with E-state index in [1.165, 1.54) is 65.3 Å². The second kappa shape index (κ2) is 10.5. The summed E-state index contributed by atoms with van der Waals surface area (Å²) in [4.78, 5) is 12.3. The van der Waals surface area contributed by atoms with Gasteiger partial charge in [0.1, 0.15) is 0 Å². The Bertz CT molecular complexity index is 2310. The van der Waals surface area contributed by atoms with E-state index < -0.39 is 0 Å². The predicted octanol–water partition coefficient (Wildman–Crippen LogP) is 6.15. The Morgan fingerprint density at radius 3 is 1.83 bits per heavy atom. The standard InChI is InChI=1S/C41H27B2N3S/c1-3-14-28(15-4-1)42-31-19-7-10-22-34(31)45(29-16-5-2-6-17-29)36-26-38-40-41(39(36)42)46(30-18-13-25-44-27-30)35-23-11-8-20-32(35)43(40)33-21-9-12-24-37(33)47-38/h1-27H. The van der Waals surface area contributed by atoms with E-state index in [1.807, 2.05) is 24.2 Å². The second-order valence-corrected chi connectivity index (χ2v) is 13.4. The molecule has 218 valence electrons. The molecule has 3 nitrogen and oxygen atoms in total. The van der Waals surface area contributed by atoms with E-state index in [4.69, 9.17) is 0 Å². The highest BCUT2D eigenvalue weighted by Gasteiger charge is 2.47. The van der Waals surface area contributed by atoms with Crippen LogP contribution < -0.4 is 42.6 Å². The van der Waals surface area contributed by atoms with E-state index >= 15 is 0 Å². The van der Waals surface area contributed by atoms with Crippen molar-refractivity contribution in [3.05, 3.63) is 164 Å². The van der Waals surface area contributed by atoms with Crippen molar-refractivity contribution in [2.24, 2.45) is 0 Å². The van der Waals surface area contributed by atoms with Gasteiger partial charge >= 0.3 is 0 Å². The number of para-hydroxylation sites is 3. The van der Waals surface area contributed by atoms with Crippen molar-refractivity contribution in [3.8, 4) is 0 Å². The normalized spacial score (nSPS) is 13.7. The summed E-state index contributed by atoms with van der Waals surface area (Å²) in [5.74, 6) is 0. The number of anilines is 6. The summed E-state index contributed by atoms with van der Waals surface area (Å²) in [6.07, 6.45) is 3.88. The summed E-state index contributed by atoms with van der Waals surface area (Å²) in [5.41, 5.74) is 15.1. The molecule has 1 aromatic heterocycles. The van der Waals surface area contributed by atoms with E-state index in [2.05, 4.69) is 166 Å². The Hall–Kier alpha value is -5.45. The molecule has 0 saturated heterocycles. The third-order valence-electron chi connectivity index (χ3n) is 9.84. The number of aromatic nitrogens is 1. The van der Waals surface area contributed by atoms with Gasteiger partial charge in [0.2, 0.25) is 13.4 Å². The van der Waals surface area contributed by atoms with E-state index in [9.17, 15) is 0 Å². The van der Waals surface area contributed by atoms with Crippen LogP contribution in [-0.2, 0) is 0 Å². The first-order valence-electron chi connectivity index (χ1n) is 16.1. The van der Waals surface area contributed by atoms with E-state index in [0.717, 1.165) is 11.4 Å². The summed E-state index contributed by atoms with van der Waals surface area (Å²) >= 11 is 1.90. The van der Waals surface area contributed by atoms with Crippen molar-refractivity contribution in [2.45, 2.75) is 9.79 Å². The topological polar surface area (TPSA) is 19.4 Å². The average molecular weight is 615 g/mol. The number of pyridine rings is 1. The van der Waals surface area contributed by atoms with E-state index in [-0.39, 0.29) is 13.4 Å². The maximum atomic E-state index is 4.65. The number of fused-ring (bicyclic) bond motifs is 7. The first-order chi connectivity index (χ1) is 23.4. The lowest BCUT2D eigenvalue weighted by Crippen LogP contribution is -2.65. The van der Waals surface area contributed by atoms with Crippen LogP contribution in [0.2, 0.25) is 0 Å². The molecule has 0 N–H and O–H groups in total. The summed E-state index contributed by atoms with van der Waals surface area (Å²) in [6.45, 7) is 0.139. The molecular weight excluding hydrogens is 588 g/mol. The lowest BCUT2D eigenvalue weighted by atomic mass is 9.31. The number of benzene rings is 6. The molecule has 0 bridgehead atoms. The van der Waals surface area contributed by atoms with Crippen molar-refractivity contribution in [1.82, 2.24) is 4.98 Å². The molecule has 0 aliphatic carbocycles. The molecular formula is C41H27B2N3S. The van der Waals surface area contributed by atoms with E-state index in [1.54, 1.807) is 0 Å². The fourth-order valence-electron chi connectivity index (χ4n) is 8.02. The van der Waals surface area contributed by atoms with Crippen LogP contribution in [0, 0.1) is 0 Å². The van der Waals surface area contributed by atoms with Gasteiger partial charge in [-0.05, 0) is 70.4 Å². The molecule has 0 radical (unpaired) electrons. The molecule has 3 aliphatic heterocycles. The van der Waals surface area contributed by atoms with Crippen LogP contribution in [0.15, 0.2) is 174 Å². The minimum atomic E-state index is 0.0231. The first kappa shape index (κ1) is 26.7. The minimum absolute atomic E-state index is 0.0231. The Kier molecular flexibility index (Phi) is 6.00. The van der Waals surface area contributed by atoms with Gasteiger partial charge in [-0.1, -0.05) is 126 Å². The van der Waals surface area contributed by atoms with Crippen molar-refractivity contribution in [1.29, 1.82) is 0 Å². The lowest BCUT2D eigenvalue weighted by Gasteiger charge is -2.46. The molecule has 0 unspecified atom stereocenters. The molecule has 6 aromatic carbocycles. The first-order valence-corrected chi connectivity index (χ1v) is 16.9. The van der Waals surface area contributed by atoms with Crippen LogP contribution in [0.3, 0.4) is 0 Å². The van der Waals surface area contributed by atoms with Gasteiger partial charge in [0.05, 0.1) is 11.9 Å².